The van der Waals surface area contributed by atoms with E-state index in [0.29, 0.717) is 5.89 Å². The molecule has 0 saturated carbocycles. The zero-order valence-corrected chi connectivity index (χ0v) is 12.2. The summed E-state index contributed by atoms with van der Waals surface area (Å²) in [4.78, 5) is 4.45. The third kappa shape index (κ3) is 2.31. The maximum Gasteiger partial charge on any atom is 0.227 e. The van der Waals surface area contributed by atoms with Crippen molar-refractivity contribution in [1.82, 2.24) is 4.98 Å². The number of benzene rings is 1. The molecule has 0 fully saturated rings. The topological polar surface area (TPSA) is 35.3 Å². The second kappa shape index (κ2) is 5.08. The number of oxazole rings is 1. The highest BCUT2D eigenvalue weighted by Gasteiger charge is 2.14. The normalized spacial score (nSPS) is 10.6. The van der Waals surface area contributed by atoms with E-state index in [2.05, 4.69) is 34.5 Å². The molecule has 0 spiro atoms. The van der Waals surface area contributed by atoms with Gasteiger partial charge in [0.25, 0.3) is 0 Å². The van der Waals surface area contributed by atoms with Crippen LogP contribution in [-0.4, -0.2) is 12.1 Å². The second-order valence-corrected chi connectivity index (χ2v) is 4.74. The summed E-state index contributed by atoms with van der Waals surface area (Å²) in [6, 6.07) is 5.89. The van der Waals surface area contributed by atoms with Crippen LogP contribution < -0.4 is 4.74 Å². The number of methoxy groups -OCH3 is 1. The van der Waals surface area contributed by atoms with Gasteiger partial charge in [-0.25, -0.2) is 4.98 Å². The largest absolute Gasteiger partial charge is 0.496 e. The molecule has 2 aromatic rings. The van der Waals surface area contributed by atoms with Gasteiger partial charge in [0.05, 0.1) is 7.11 Å². The molecule has 0 aliphatic carbocycles. The van der Waals surface area contributed by atoms with Crippen molar-refractivity contribution in [3.8, 4) is 17.2 Å². The Morgan fingerprint density at radius 1 is 1.41 bits per heavy atom. The van der Waals surface area contributed by atoms with E-state index in [1.165, 1.54) is 0 Å². The van der Waals surface area contributed by atoms with Gasteiger partial charge in [0.15, 0.2) is 0 Å². The van der Waals surface area contributed by atoms with Crippen molar-refractivity contribution in [3.63, 3.8) is 0 Å². The van der Waals surface area contributed by atoms with Crippen LogP contribution in [0.3, 0.4) is 0 Å². The van der Waals surface area contributed by atoms with Gasteiger partial charge in [-0.1, -0.05) is 13.0 Å². The quantitative estimate of drug-likeness (QED) is 0.795. The molecule has 0 bridgehead atoms. The third-order valence-corrected chi connectivity index (χ3v) is 3.55. The summed E-state index contributed by atoms with van der Waals surface area (Å²) >= 11 is 2.20. The van der Waals surface area contributed by atoms with Gasteiger partial charge in [0.2, 0.25) is 5.89 Å². The van der Waals surface area contributed by atoms with Gasteiger partial charge in [-0.05, 0) is 41.6 Å². The fourth-order valence-corrected chi connectivity index (χ4v) is 2.44. The summed E-state index contributed by atoms with van der Waals surface area (Å²) in [6.07, 6.45) is 0.855. The number of nitrogens with zero attached hydrogens (tertiary/aromatic N) is 1. The van der Waals surface area contributed by atoms with Crippen molar-refractivity contribution < 1.29 is 9.15 Å². The molecule has 0 aliphatic rings. The maximum absolute atomic E-state index is 5.76. The summed E-state index contributed by atoms with van der Waals surface area (Å²) in [6.45, 7) is 4.07. The maximum atomic E-state index is 5.76. The van der Waals surface area contributed by atoms with Crippen LogP contribution in [-0.2, 0) is 6.42 Å². The molecule has 0 amide bonds. The summed E-state index contributed by atoms with van der Waals surface area (Å²) in [5.74, 6) is 2.46. The van der Waals surface area contributed by atoms with Gasteiger partial charge in [-0.3, -0.25) is 0 Å². The highest BCUT2D eigenvalue weighted by Crippen LogP contribution is 2.30. The van der Waals surface area contributed by atoms with Crippen LogP contribution in [0.2, 0.25) is 0 Å². The fraction of sp³-hybridized carbons (Fsp3) is 0.308. The van der Waals surface area contributed by atoms with E-state index < -0.39 is 0 Å². The second-order valence-electron chi connectivity index (χ2n) is 3.72. The summed E-state index contributed by atoms with van der Waals surface area (Å²) in [5.41, 5.74) is 2.04. The first-order valence-electron chi connectivity index (χ1n) is 5.46. The Labute approximate surface area is 114 Å². The van der Waals surface area contributed by atoms with Gasteiger partial charge in [-0.15, -0.1) is 0 Å². The lowest BCUT2D eigenvalue weighted by molar-refractivity contribution is 0.411. The zero-order valence-electron chi connectivity index (χ0n) is 10.1. The summed E-state index contributed by atoms with van der Waals surface area (Å²) in [5, 5.41) is 0. The van der Waals surface area contributed by atoms with Gasteiger partial charge in [-0.2, -0.15) is 0 Å². The molecule has 2 rings (SSSR count). The molecule has 0 radical (unpaired) electrons. The Hall–Kier alpha value is -1.04. The first-order chi connectivity index (χ1) is 8.17. The van der Waals surface area contributed by atoms with E-state index >= 15 is 0 Å². The van der Waals surface area contributed by atoms with Crippen LogP contribution in [0.1, 0.15) is 18.2 Å². The van der Waals surface area contributed by atoms with Crippen molar-refractivity contribution in [1.29, 1.82) is 0 Å². The number of hydrogen-bond acceptors (Lipinski definition) is 3. The smallest absolute Gasteiger partial charge is 0.227 e. The minimum absolute atomic E-state index is 0.669. The number of aryl methyl sites for hydroxylation is 1. The number of halogens is 1. The molecule has 0 saturated heterocycles. The van der Waals surface area contributed by atoms with Crippen LogP contribution in [0, 0.1) is 10.6 Å². The van der Waals surface area contributed by atoms with Crippen molar-refractivity contribution in [2.75, 3.05) is 7.11 Å². The monoisotopic (exact) mass is 343 g/mol. The van der Waals surface area contributed by atoms with Gasteiger partial charge < -0.3 is 9.15 Å². The Balaban J connectivity index is 2.52. The Morgan fingerprint density at radius 3 is 2.76 bits per heavy atom. The molecule has 0 unspecified atom stereocenters. The minimum atomic E-state index is 0.669. The summed E-state index contributed by atoms with van der Waals surface area (Å²) in [7, 11) is 1.67. The van der Waals surface area contributed by atoms with Crippen molar-refractivity contribution in [2.24, 2.45) is 0 Å². The van der Waals surface area contributed by atoms with Gasteiger partial charge >= 0.3 is 0 Å². The molecule has 0 N–H and O–H groups in total. The predicted molar refractivity (Wildman–Crippen MR) is 75.3 cm³/mol. The highest BCUT2D eigenvalue weighted by atomic mass is 127. The fourth-order valence-electron chi connectivity index (χ4n) is 1.73. The number of aromatic nitrogens is 1. The molecule has 4 heteroatoms. The SMILES string of the molecule is CCc1oc(-c2cccc(OC)c2C)nc1I. The molecule has 1 aromatic carbocycles. The zero-order chi connectivity index (χ0) is 12.4. The standard InChI is InChI=1S/C13H14INO2/c1-4-10-12(14)15-13(17-10)9-6-5-7-11(16-3)8(9)2/h5-7H,4H2,1-3H3. The molecule has 1 aromatic heterocycles. The van der Waals surface area contributed by atoms with E-state index in [4.69, 9.17) is 9.15 Å². The van der Waals surface area contributed by atoms with Crippen LogP contribution in [0.15, 0.2) is 22.6 Å². The molecule has 90 valence electrons. The van der Waals surface area contributed by atoms with E-state index in [9.17, 15) is 0 Å². The van der Waals surface area contributed by atoms with E-state index in [1.807, 2.05) is 25.1 Å². The molecular formula is C13H14INO2. The van der Waals surface area contributed by atoms with E-state index in [-0.39, 0.29) is 0 Å². The summed E-state index contributed by atoms with van der Waals surface area (Å²) < 4.78 is 12.0. The lowest BCUT2D eigenvalue weighted by Crippen LogP contribution is -1.90. The number of hydrogen-bond donors (Lipinski definition) is 0. The Kier molecular flexibility index (Phi) is 3.71. The molecule has 0 aliphatic heterocycles. The molecule has 1 heterocycles. The number of rotatable bonds is 3. The molecule has 17 heavy (non-hydrogen) atoms. The third-order valence-electron chi connectivity index (χ3n) is 2.71. The van der Waals surface area contributed by atoms with Crippen LogP contribution in [0.5, 0.6) is 5.75 Å². The Bertz CT molecular complexity index is 534. The Morgan fingerprint density at radius 2 is 2.18 bits per heavy atom. The van der Waals surface area contributed by atoms with Crippen molar-refractivity contribution in [3.05, 3.63) is 33.2 Å². The number of ether oxygens (including phenoxy) is 1. The highest BCUT2D eigenvalue weighted by molar-refractivity contribution is 14.1. The van der Waals surface area contributed by atoms with Gasteiger partial charge in [0, 0.05) is 17.5 Å². The molecule has 0 atom stereocenters. The van der Waals surface area contributed by atoms with E-state index in [0.717, 1.165) is 32.8 Å². The van der Waals surface area contributed by atoms with Crippen LogP contribution in [0.4, 0.5) is 0 Å². The van der Waals surface area contributed by atoms with Crippen molar-refractivity contribution in [2.45, 2.75) is 20.3 Å². The van der Waals surface area contributed by atoms with E-state index in [1.54, 1.807) is 7.11 Å². The predicted octanol–water partition coefficient (Wildman–Crippen LogP) is 3.83. The van der Waals surface area contributed by atoms with Crippen LogP contribution in [0.25, 0.3) is 11.5 Å². The van der Waals surface area contributed by atoms with Crippen molar-refractivity contribution >= 4 is 22.6 Å². The average Bonchev–Trinajstić information content (AvgIpc) is 2.70. The molecular weight excluding hydrogens is 329 g/mol. The van der Waals surface area contributed by atoms with Crippen LogP contribution >= 0.6 is 22.6 Å². The average molecular weight is 343 g/mol. The first kappa shape index (κ1) is 12.4. The molecule has 3 nitrogen and oxygen atoms in total. The first-order valence-corrected chi connectivity index (χ1v) is 6.54. The van der Waals surface area contributed by atoms with Gasteiger partial charge in [0.1, 0.15) is 15.2 Å². The lowest BCUT2D eigenvalue weighted by atomic mass is 10.1. The minimum Gasteiger partial charge on any atom is -0.496 e. The lowest BCUT2D eigenvalue weighted by Gasteiger charge is -2.07.